The van der Waals surface area contributed by atoms with E-state index in [1.165, 1.54) is 0 Å². The van der Waals surface area contributed by atoms with E-state index in [0.717, 1.165) is 17.4 Å². The van der Waals surface area contributed by atoms with Gasteiger partial charge in [0.05, 0.1) is 11.8 Å². The maximum atomic E-state index is 12.1. The second-order valence-corrected chi connectivity index (χ2v) is 5.24. The molecule has 2 rings (SSSR count). The van der Waals surface area contributed by atoms with Gasteiger partial charge in [0, 0.05) is 18.0 Å². The second-order valence-electron chi connectivity index (χ2n) is 5.24. The number of furan rings is 1. The van der Waals surface area contributed by atoms with Crippen LogP contribution >= 0.6 is 0 Å². The first-order chi connectivity index (χ1) is 9.08. The molecule has 1 unspecified atom stereocenters. The molecule has 0 fully saturated rings. The van der Waals surface area contributed by atoms with E-state index in [9.17, 15) is 4.79 Å². The van der Waals surface area contributed by atoms with E-state index in [0.29, 0.717) is 18.0 Å². The molecule has 19 heavy (non-hydrogen) atoms. The average Bonchev–Trinajstić information content (AvgIpc) is 2.83. The zero-order chi connectivity index (χ0) is 13.8. The zero-order valence-electron chi connectivity index (χ0n) is 11.3. The molecule has 1 heterocycles. The Morgan fingerprint density at radius 2 is 2.16 bits per heavy atom. The summed E-state index contributed by atoms with van der Waals surface area (Å²) in [4.78, 5) is 12.1. The minimum absolute atomic E-state index is 0.00694. The third-order valence-electron chi connectivity index (χ3n) is 3.04. The molecule has 4 heteroatoms. The monoisotopic (exact) mass is 260 g/mol. The lowest BCUT2D eigenvalue weighted by Crippen LogP contribution is -2.38. The van der Waals surface area contributed by atoms with Crippen molar-refractivity contribution in [2.75, 3.05) is 6.54 Å². The highest BCUT2D eigenvalue weighted by molar-refractivity contribution is 6.05. The zero-order valence-corrected chi connectivity index (χ0v) is 11.3. The topological polar surface area (TPSA) is 68.3 Å². The summed E-state index contributed by atoms with van der Waals surface area (Å²) in [6.07, 6.45) is 2.49. The molecule has 0 bridgehead atoms. The predicted octanol–water partition coefficient (Wildman–Crippen LogP) is 2.54. The Morgan fingerprint density at radius 3 is 2.89 bits per heavy atom. The third kappa shape index (κ3) is 3.35. The fourth-order valence-corrected chi connectivity index (χ4v) is 2.20. The van der Waals surface area contributed by atoms with Crippen LogP contribution in [-0.2, 0) is 0 Å². The smallest absolute Gasteiger partial charge is 0.252 e. The molecule has 1 aromatic heterocycles. The summed E-state index contributed by atoms with van der Waals surface area (Å²) in [5.41, 5.74) is 7.31. The van der Waals surface area contributed by atoms with Gasteiger partial charge in [0.15, 0.2) is 0 Å². The Labute approximate surface area is 113 Å². The number of amides is 1. The largest absolute Gasteiger partial charge is 0.464 e. The van der Waals surface area contributed by atoms with Crippen LogP contribution in [0.1, 0.15) is 30.6 Å². The van der Waals surface area contributed by atoms with Gasteiger partial charge in [-0.2, -0.15) is 0 Å². The van der Waals surface area contributed by atoms with E-state index in [4.69, 9.17) is 10.2 Å². The molecule has 0 aliphatic carbocycles. The Hall–Kier alpha value is -1.81. The van der Waals surface area contributed by atoms with Crippen molar-refractivity contribution in [1.29, 1.82) is 0 Å². The molecule has 0 radical (unpaired) electrons. The van der Waals surface area contributed by atoms with Crippen LogP contribution in [0.3, 0.4) is 0 Å². The van der Waals surface area contributed by atoms with Gasteiger partial charge >= 0.3 is 0 Å². The number of hydrogen-bond donors (Lipinski definition) is 2. The van der Waals surface area contributed by atoms with Crippen LogP contribution in [0.4, 0.5) is 0 Å². The van der Waals surface area contributed by atoms with Gasteiger partial charge in [-0.1, -0.05) is 19.9 Å². The first kappa shape index (κ1) is 13.6. The SMILES string of the molecule is CC(C)CC(N)CNC(=O)c1cccc2occc12. The number of benzene rings is 1. The van der Waals surface area contributed by atoms with Crippen molar-refractivity contribution < 1.29 is 9.21 Å². The quantitative estimate of drug-likeness (QED) is 0.868. The van der Waals surface area contributed by atoms with Crippen LogP contribution in [0.5, 0.6) is 0 Å². The summed E-state index contributed by atoms with van der Waals surface area (Å²) in [6, 6.07) is 7.25. The molecule has 2 aromatic rings. The molecule has 0 spiro atoms. The second kappa shape index (κ2) is 5.89. The first-order valence-corrected chi connectivity index (χ1v) is 6.58. The van der Waals surface area contributed by atoms with E-state index >= 15 is 0 Å². The van der Waals surface area contributed by atoms with Crippen LogP contribution in [0, 0.1) is 5.92 Å². The standard InChI is InChI=1S/C15H20N2O2/c1-10(2)8-11(16)9-17-15(18)13-4-3-5-14-12(13)6-7-19-14/h3-7,10-11H,8-9,16H2,1-2H3,(H,17,18). The van der Waals surface area contributed by atoms with Crippen molar-refractivity contribution >= 4 is 16.9 Å². The molecule has 0 aliphatic heterocycles. The molecule has 3 N–H and O–H groups in total. The molecule has 0 saturated heterocycles. The average molecular weight is 260 g/mol. The van der Waals surface area contributed by atoms with Crippen molar-refractivity contribution in [3.05, 3.63) is 36.1 Å². The lowest BCUT2D eigenvalue weighted by atomic mass is 10.0. The maximum Gasteiger partial charge on any atom is 0.252 e. The lowest BCUT2D eigenvalue weighted by Gasteiger charge is -2.15. The van der Waals surface area contributed by atoms with Crippen molar-refractivity contribution in [3.8, 4) is 0 Å². The van der Waals surface area contributed by atoms with Gasteiger partial charge in [0.25, 0.3) is 5.91 Å². The molecule has 1 aromatic carbocycles. The fraction of sp³-hybridized carbons (Fsp3) is 0.400. The highest BCUT2D eigenvalue weighted by Crippen LogP contribution is 2.19. The van der Waals surface area contributed by atoms with Gasteiger partial charge in [-0.15, -0.1) is 0 Å². The van der Waals surface area contributed by atoms with Crippen molar-refractivity contribution in [2.24, 2.45) is 11.7 Å². The van der Waals surface area contributed by atoms with Crippen LogP contribution < -0.4 is 11.1 Å². The highest BCUT2D eigenvalue weighted by Gasteiger charge is 2.13. The number of rotatable bonds is 5. The minimum atomic E-state index is -0.105. The minimum Gasteiger partial charge on any atom is -0.464 e. The van der Waals surface area contributed by atoms with E-state index in [1.807, 2.05) is 12.1 Å². The summed E-state index contributed by atoms with van der Waals surface area (Å²) >= 11 is 0. The number of nitrogens with two attached hydrogens (primary N) is 1. The normalized spacial score (nSPS) is 12.8. The van der Waals surface area contributed by atoms with Gasteiger partial charge in [-0.05, 0) is 30.5 Å². The summed E-state index contributed by atoms with van der Waals surface area (Å²) in [7, 11) is 0. The molecule has 0 saturated carbocycles. The molecule has 4 nitrogen and oxygen atoms in total. The van der Waals surface area contributed by atoms with Gasteiger partial charge < -0.3 is 15.5 Å². The maximum absolute atomic E-state index is 12.1. The summed E-state index contributed by atoms with van der Waals surface area (Å²) in [5, 5.41) is 3.71. The van der Waals surface area contributed by atoms with Crippen molar-refractivity contribution in [3.63, 3.8) is 0 Å². The van der Waals surface area contributed by atoms with Gasteiger partial charge in [-0.3, -0.25) is 4.79 Å². The lowest BCUT2D eigenvalue weighted by molar-refractivity contribution is 0.0951. The number of fused-ring (bicyclic) bond motifs is 1. The van der Waals surface area contributed by atoms with E-state index in [-0.39, 0.29) is 11.9 Å². The summed E-state index contributed by atoms with van der Waals surface area (Å²) < 4.78 is 5.28. The van der Waals surface area contributed by atoms with Crippen LogP contribution in [0.25, 0.3) is 11.0 Å². The number of carbonyl (C=O) groups excluding carboxylic acids is 1. The molecule has 1 atom stereocenters. The highest BCUT2D eigenvalue weighted by atomic mass is 16.3. The van der Waals surface area contributed by atoms with Crippen LogP contribution in [0.15, 0.2) is 34.9 Å². The van der Waals surface area contributed by atoms with Crippen LogP contribution in [-0.4, -0.2) is 18.5 Å². The van der Waals surface area contributed by atoms with Gasteiger partial charge in [0.2, 0.25) is 0 Å². The van der Waals surface area contributed by atoms with E-state index in [1.54, 1.807) is 18.4 Å². The van der Waals surface area contributed by atoms with Gasteiger partial charge in [-0.25, -0.2) is 0 Å². The van der Waals surface area contributed by atoms with Gasteiger partial charge in [0.1, 0.15) is 5.58 Å². The number of nitrogens with one attached hydrogen (secondary N) is 1. The first-order valence-electron chi connectivity index (χ1n) is 6.58. The number of hydrogen-bond acceptors (Lipinski definition) is 3. The fourth-order valence-electron chi connectivity index (χ4n) is 2.20. The van der Waals surface area contributed by atoms with E-state index in [2.05, 4.69) is 19.2 Å². The summed E-state index contributed by atoms with van der Waals surface area (Å²) in [6.45, 7) is 4.73. The van der Waals surface area contributed by atoms with Crippen molar-refractivity contribution in [1.82, 2.24) is 5.32 Å². The Morgan fingerprint density at radius 1 is 1.37 bits per heavy atom. The van der Waals surface area contributed by atoms with E-state index < -0.39 is 0 Å². The molecular weight excluding hydrogens is 240 g/mol. The molecule has 102 valence electrons. The molecular formula is C15H20N2O2. The molecule has 0 aliphatic rings. The summed E-state index contributed by atoms with van der Waals surface area (Å²) in [5.74, 6) is 0.426. The Bertz CT molecular complexity index is 560. The van der Waals surface area contributed by atoms with Crippen molar-refractivity contribution in [2.45, 2.75) is 26.3 Å². The Balaban J connectivity index is 2.02. The van der Waals surface area contributed by atoms with Crippen LogP contribution in [0.2, 0.25) is 0 Å². The molecule has 1 amide bonds. The Kier molecular flexibility index (Phi) is 4.22. The number of carbonyl (C=O) groups is 1. The predicted molar refractivity (Wildman–Crippen MR) is 76.0 cm³/mol. The third-order valence-corrected chi connectivity index (χ3v) is 3.04.